The van der Waals surface area contributed by atoms with Crippen LogP contribution in [0.1, 0.15) is 45.4 Å². The molecule has 3 fully saturated rings. The summed E-state index contributed by atoms with van der Waals surface area (Å²) in [6.45, 7) is 5.14. The number of hydrogen-bond acceptors (Lipinski definition) is 2. The van der Waals surface area contributed by atoms with Gasteiger partial charge < -0.3 is 10.2 Å². The van der Waals surface area contributed by atoms with Gasteiger partial charge in [-0.2, -0.15) is 0 Å². The SMILES string of the molecule is C[C@@H]1CNC[C@H]1C(=O)N1CCCC1C1CCCC1. The second kappa shape index (κ2) is 5.20. The fraction of sp³-hybridized carbons (Fsp3) is 0.933. The Balaban J connectivity index is 1.68. The van der Waals surface area contributed by atoms with Gasteiger partial charge in [-0.3, -0.25) is 4.79 Å². The molecule has 3 atom stereocenters. The molecule has 2 heterocycles. The van der Waals surface area contributed by atoms with Crippen LogP contribution in [0.2, 0.25) is 0 Å². The van der Waals surface area contributed by atoms with Crippen LogP contribution in [0, 0.1) is 17.8 Å². The third-order valence-electron chi connectivity index (χ3n) is 5.36. The maximum atomic E-state index is 12.7. The minimum atomic E-state index is 0.243. The van der Waals surface area contributed by atoms with Crippen molar-refractivity contribution in [1.29, 1.82) is 0 Å². The van der Waals surface area contributed by atoms with Gasteiger partial charge in [-0.15, -0.1) is 0 Å². The van der Waals surface area contributed by atoms with Gasteiger partial charge in [0, 0.05) is 19.1 Å². The summed E-state index contributed by atoms with van der Waals surface area (Å²) in [5, 5.41) is 3.36. The van der Waals surface area contributed by atoms with E-state index in [4.69, 9.17) is 0 Å². The number of nitrogens with zero attached hydrogens (tertiary/aromatic N) is 1. The molecular weight excluding hydrogens is 224 g/mol. The highest BCUT2D eigenvalue weighted by atomic mass is 16.2. The minimum Gasteiger partial charge on any atom is -0.339 e. The Morgan fingerprint density at radius 2 is 1.89 bits per heavy atom. The summed E-state index contributed by atoms with van der Waals surface area (Å²) in [5.74, 6) is 2.01. The summed E-state index contributed by atoms with van der Waals surface area (Å²) in [7, 11) is 0. The van der Waals surface area contributed by atoms with Gasteiger partial charge in [0.2, 0.25) is 5.91 Å². The number of hydrogen-bond donors (Lipinski definition) is 1. The Hall–Kier alpha value is -0.570. The lowest BCUT2D eigenvalue weighted by Crippen LogP contribution is -2.44. The van der Waals surface area contributed by atoms with Gasteiger partial charge in [0.1, 0.15) is 0 Å². The summed E-state index contributed by atoms with van der Waals surface area (Å²) in [6.07, 6.45) is 7.95. The molecule has 3 heteroatoms. The van der Waals surface area contributed by atoms with Crippen molar-refractivity contribution in [3.8, 4) is 0 Å². The molecule has 1 saturated carbocycles. The van der Waals surface area contributed by atoms with Crippen LogP contribution in [-0.2, 0) is 4.79 Å². The summed E-state index contributed by atoms with van der Waals surface area (Å²) < 4.78 is 0. The van der Waals surface area contributed by atoms with Crippen LogP contribution < -0.4 is 5.32 Å². The monoisotopic (exact) mass is 250 g/mol. The predicted octanol–water partition coefficient (Wildman–Crippen LogP) is 2.02. The zero-order chi connectivity index (χ0) is 12.5. The molecule has 0 aromatic rings. The van der Waals surface area contributed by atoms with Crippen molar-refractivity contribution in [1.82, 2.24) is 10.2 Å². The Kier molecular flexibility index (Phi) is 3.60. The van der Waals surface area contributed by atoms with Crippen LogP contribution in [0.5, 0.6) is 0 Å². The number of carbonyl (C=O) groups excluding carboxylic acids is 1. The quantitative estimate of drug-likeness (QED) is 0.813. The highest BCUT2D eigenvalue weighted by Crippen LogP contribution is 2.36. The molecule has 0 spiro atoms. The molecule has 1 N–H and O–H groups in total. The topological polar surface area (TPSA) is 32.3 Å². The minimum absolute atomic E-state index is 0.243. The summed E-state index contributed by atoms with van der Waals surface area (Å²) >= 11 is 0. The lowest BCUT2D eigenvalue weighted by molar-refractivity contribution is -0.137. The van der Waals surface area contributed by atoms with Gasteiger partial charge in [-0.1, -0.05) is 19.8 Å². The van der Waals surface area contributed by atoms with E-state index in [9.17, 15) is 4.79 Å². The first-order chi connectivity index (χ1) is 8.77. The third kappa shape index (κ3) is 2.18. The Morgan fingerprint density at radius 1 is 1.11 bits per heavy atom. The summed E-state index contributed by atoms with van der Waals surface area (Å²) in [4.78, 5) is 15.0. The second-order valence-electron chi connectivity index (χ2n) is 6.53. The standard InChI is InChI=1S/C15H26N2O/c1-11-9-16-10-13(11)15(18)17-8-4-7-14(17)12-5-2-3-6-12/h11-14,16H,2-10H2,1H3/t11-,13-,14?/m1/s1. The molecule has 1 unspecified atom stereocenters. The van der Waals surface area contributed by atoms with E-state index in [-0.39, 0.29) is 5.92 Å². The van der Waals surface area contributed by atoms with Crippen LogP contribution in [0.4, 0.5) is 0 Å². The molecule has 18 heavy (non-hydrogen) atoms. The first-order valence-corrected chi connectivity index (χ1v) is 7.78. The van der Waals surface area contributed by atoms with E-state index in [1.807, 2.05) is 0 Å². The van der Waals surface area contributed by atoms with Crippen LogP contribution in [0.3, 0.4) is 0 Å². The first kappa shape index (κ1) is 12.5. The van der Waals surface area contributed by atoms with E-state index in [0.717, 1.165) is 25.6 Å². The van der Waals surface area contributed by atoms with Gasteiger partial charge in [-0.25, -0.2) is 0 Å². The largest absolute Gasteiger partial charge is 0.339 e. The van der Waals surface area contributed by atoms with Gasteiger partial charge in [-0.05, 0) is 44.1 Å². The molecular formula is C15H26N2O. The van der Waals surface area contributed by atoms with Gasteiger partial charge in [0.05, 0.1) is 5.92 Å². The number of rotatable bonds is 2. The lowest BCUT2D eigenvalue weighted by atomic mass is 9.92. The van der Waals surface area contributed by atoms with E-state index in [0.29, 0.717) is 17.9 Å². The van der Waals surface area contributed by atoms with Gasteiger partial charge in [0.15, 0.2) is 0 Å². The third-order valence-corrected chi connectivity index (χ3v) is 5.36. The maximum absolute atomic E-state index is 12.7. The molecule has 0 bridgehead atoms. The number of nitrogens with one attached hydrogen (secondary N) is 1. The van der Waals surface area contributed by atoms with Gasteiger partial charge in [0.25, 0.3) is 0 Å². The van der Waals surface area contributed by atoms with Crippen molar-refractivity contribution in [2.24, 2.45) is 17.8 Å². The number of carbonyl (C=O) groups is 1. The maximum Gasteiger partial charge on any atom is 0.227 e. The fourth-order valence-corrected chi connectivity index (χ4v) is 4.25. The van der Waals surface area contributed by atoms with Crippen LogP contribution in [-0.4, -0.2) is 36.5 Å². The van der Waals surface area contributed by atoms with Crippen LogP contribution in [0.15, 0.2) is 0 Å². The molecule has 102 valence electrons. The van der Waals surface area contributed by atoms with Crippen LogP contribution in [0.25, 0.3) is 0 Å². The number of amides is 1. The van der Waals surface area contributed by atoms with E-state index >= 15 is 0 Å². The average Bonchev–Trinajstić information content (AvgIpc) is 3.09. The number of likely N-dealkylation sites (tertiary alicyclic amines) is 1. The Morgan fingerprint density at radius 3 is 2.56 bits per heavy atom. The average molecular weight is 250 g/mol. The van der Waals surface area contributed by atoms with Crippen molar-refractivity contribution >= 4 is 5.91 Å². The van der Waals surface area contributed by atoms with Crippen molar-refractivity contribution in [2.45, 2.75) is 51.5 Å². The molecule has 0 aromatic heterocycles. The van der Waals surface area contributed by atoms with E-state index < -0.39 is 0 Å². The molecule has 2 saturated heterocycles. The smallest absolute Gasteiger partial charge is 0.227 e. The lowest BCUT2D eigenvalue weighted by Gasteiger charge is -2.32. The molecule has 1 amide bonds. The van der Waals surface area contributed by atoms with Crippen LogP contribution >= 0.6 is 0 Å². The normalized spacial score (nSPS) is 37.6. The predicted molar refractivity (Wildman–Crippen MR) is 72.2 cm³/mol. The van der Waals surface area contributed by atoms with E-state index in [1.54, 1.807) is 0 Å². The Bertz CT molecular complexity index is 312. The molecule has 0 radical (unpaired) electrons. The molecule has 3 rings (SSSR count). The summed E-state index contributed by atoms with van der Waals surface area (Å²) in [6, 6.07) is 0.577. The highest BCUT2D eigenvalue weighted by Gasteiger charge is 2.40. The van der Waals surface area contributed by atoms with Gasteiger partial charge >= 0.3 is 0 Å². The molecule has 3 aliphatic rings. The Labute approximate surface area is 110 Å². The molecule has 2 aliphatic heterocycles. The molecule has 0 aromatic carbocycles. The molecule has 3 nitrogen and oxygen atoms in total. The van der Waals surface area contributed by atoms with E-state index in [1.165, 1.54) is 38.5 Å². The fourth-order valence-electron chi connectivity index (χ4n) is 4.25. The van der Waals surface area contributed by atoms with Crippen molar-refractivity contribution in [3.63, 3.8) is 0 Å². The second-order valence-corrected chi connectivity index (χ2v) is 6.53. The van der Waals surface area contributed by atoms with Crippen molar-refractivity contribution in [3.05, 3.63) is 0 Å². The molecule has 1 aliphatic carbocycles. The summed E-state index contributed by atoms with van der Waals surface area (Å²) in [5.41, 5.74) is 0. The van der Waals surface area contributed by atoms with E-state index in [2.05, 4.69) is 17.1 Å². The zero-order valence-corrected chi connectivity index (χ0v) is 11.5. The highest BCUT2D eigenvalue weighted by molar-refractivity contribution is 5.80. The van der Waals surface area contributed by atoms with Crippen molar-refractivity contribution in [2.75, 3.05) is 19.6 Å². The van der Waals surface area contributed by atoms with Crippen molar-refractivity contribution < 1.29 is 4.79 Å². The zero-order valence-electron chi connectivity index (χ0n) is 11.5. The first-order valence-electron chi connectivity index (χ1n) is 7.78.